The van der Waals surface area contributed by atoms with Crippen molar-refractivity contribution in [1.82, 2.24) is 0 Å². The minimum absolute atomic E-state index is 0.0534. The average Bonchev–Trinajstić information content (AvgIpc) is 2.48. The summed E-state index contributed by atoms with van der Waals surface area (Å²) in [6.07, 6.45) is -0.903. The standard InChI is InChI=1S/C17H14Cl3NO3/c1-10(17(23)21-15-8-13(19)7-14(20)9-15)24-16(22)6-11-2-4-12(18)5-3-11/h2-5,7-10H,6H2,1H3,(H,21,23)/t10-/m1/s1. The third-order valence-corrected chi connectivity index (χ3v) is 3.76. The number of carbonyl (C=O) groups excluding carboxylic acids is 2. The van der Waals surface area contributed by atoms with Crippen LogP contribution < -0.4 is 5.32 Å². The third-order valence-electron chi connectivity index (χ3n) is 3.07. The molecule has 0 spiro atoms. The van der Waals surface area contributed by atoms with E-state index in [1.165, 1.54) is 6.92 Å². The number of hydrogen-bond donors (Lipinski definition) is 1. The van der Waals surface area contributed by atoms with Gasteiger partial charge in [0.05, 0.1) is 6.42 Å². The summed E-state index contributed by atoms with van der Waals surface area (Å²) < 4.78 is 5.13. The van der Waals surface area contributed by atoms with Gasteiger partial charge in [-0.2, -0.15) is 0 Å². The molecular weight excluding hydrogens is 373 g/mol. The molecule has 0 radical (unpaired) electrons. The Balaban J connectivity index is 1.90. The summed E-state index contributed by atoms with van der Waals surface area (Å²) >= 11 is 17.5. The number of esters is 1. The van der Waals surface area contributed by atoms with Crippen LogP contribution in [0.1, 0.15) is 12.5 Å². The maximum atomic E-state index is 12.1. The first-order valence-electron chi connectivity index (χ1n) is 7.04. The summed E-state index contributed by atoms with van der Waals surface area (Å²) in [7, 11) is 0. The number of hydrogen-bond acceptors (Lipinski definition) is 3. The van der Waals surface area contributed by atoms with E-state index in [-0.39, 0.29) is 6.42 Å². The van der Waals surface area contributed by atoms with Gasteiger partial charge in [0.1, 0.15) is 0 Å². The number of rotatable bonds is 5. The molecule has 126 valence electrons. The maximum absolute atomic E-state index is 12.1. The largest absolute Gasteiger partial charge is 0.452 e. The summed E-state index contributed by atoms with van der Waals surface area (Å²) in [6.45, 7) is 1.49. The molecule has 0 unspecified atom stereocenters. The van der Waals surface area contributed by atoms with Crippen molar-refractivity contribution in [3.8, 4) is 0 Å². The second-order valence-corrected chi connectivity index (χ2v) is 6.39. The van der Waals surface area contributed by atoms with Crippen molar-refractivity contribution in [2.24, 2.45) is 0 Å². The molecule has 0 aromatic heterocycles. The van der Waals surface area contributed by atoms with E-state index < -0.39 is 18.0 Å². The van der Waals surface area contributed by atoms with Crippen LogP contribution in [-0.4, -0.2) is 18.0 Å². The monoisotopic (exact) mass is 385 g/mol. The number of ether oxygens (including phenoxy) is 1. The first kappa shape index (κ1) is 18.6. The van der Waals surface area contributed by atoms with Gasteiger partial charge in [-0.05, 0) is 42.8 Å². The van der Waals surface area contributed by atoms with Crippen LogP contribution in [0.3, 0.4) is 0 Å². The molecule has 2 aromatic carbocycles. The molecule has 4 nitrogen and oxygen atoms in total. The van der Waals surface area contributed by atoms with Gasteiger partial charge >= 0.3 is 5.97 Å². The van der Waals surface area contributed by atoms with Crippen LogP contribution in [0.2, 0.25) is 15.1 Å². The van der Waals surface area contributed by atoms with E-state index in [1.54, 1.807) is 42.5 Å². The van der Waals surface area contributed by atoms with Gasteiger partial charge in [0.2, 0.25) is 0 Å². The van der Waals surface area contributed by atoms with Crippen molar-refractivity contribution in [2.45, 2.75) is 19.4 Å². The van der Waals surface area contributed by atoms with E-state index >= 15 is 0 Å². The minimum Gasteiger partial charge on any atom is -0.452 e. The zero-order valence-corrected chi connectivity index (χ0v) is 15.0. The summed E-state index contributed by atoms with van der Waals surface area (Å²) in [6, 6.07) is 11.5. The zero-order chi connectivity index (χ0) is 17.7. The Morgan fingerprint density at radius 1 is 1.00 bits per heavy atom. The summed E-state index contributed by atoms with van der Waals surface area (Å²) in [5, 5.41) is 3.97. The number of anilines is 1. The molecule has 0 heterocycles. The Hall–Kier alpha value is -1.75. The molecule has 2 rings (SSSR count). The van der Waals surface area contributed by atoms with Crippen molar-refractivity contribution >= 4 is 52.4 Å². The lowest BCUT2D eigenvalue weighted by atomic mass is 10.1. The first-order valence-corrected chi connectivity index (χ1v) is 8.18. The van der Waals surface area contributed by atoms with Gasteiger partial charge in [0, 0.05) is 20.8 Å². The zero-order valence-electron chi connectivity index (χ0n) is 12.7. The van der Waals surface area contributed by atoms with Crippen molar-refractivity contribution in [1.29, 1.82) is 0 Å². The molecule has 1 amide bonds. The highest BCUT2D eigenvalue weighted by atomic mass is 35.5. The molecular formula is C17H14Cl3NO3. The van der Waals surface area contributed by atoms with E-state index in [4.69, 9.17) is 39.5 Å². The third kappa shape index (κ3) is 5.71. The molecule has 0 saturated carbocycles. The van der Waals surface area contributed by atoms with E-state index in [0.29, 0.717) is 20.8 Å². The number of benzene rings is 2. The fourth-order valence-corrected chi connectivity index (χ4v) is 2.58. The Kier molecular flexibility index (Phi) is 6.49. The number of amides is 1. The average molecular weight is 387 g/mol. The second-order valence-electron chi connectivity index (χ2n) is 5.08. The molecule has 24 heavy (non-hydrogen) atoms. The molecule has 1 N–H and O–H groups in total. The topological polar surface area (TPSA) is 55.4 Å². The highest BCUT2D eigenvalue weighted by Gasteiger charge is 2.18. The quantitative estimate of drug-likeness (QED) is 0.754. The van der Waals surface area contributed by atoms with Gasteiger partial charge in [-0.25, -0.2) is 0 Å². The molecule has 7 heteroatoms. The molecule has 1 atom stereocenters. The maximum Gasteiger partial charge on any atom is 0.311 e. The number of halogens is 3. The van der Waals surface area contributed by atoms with Gasteiger partial charge in [-0.1, -0.05) is 46.9 Å². The smallest absolute Gasteiger partial charge is 0.311 e. The SMILES string of the molecule is C[C@@H](OC(=O)Cc1ccc(Cl)cc1)C(=O)Nc1cc(Cl)cc(Cl)c1. The first-order chi connectivity index (χ1) is 11.3. The van der Waals surface area contributed by atoms with E-state index in [0.717, 1.165) is 5.56 Å². The second kappa shape index (κ2) is 8.38. The lowest BCUT2D eigenvalue weighted by Gasteiger charge is -2.14. The molecule has 0 aliphatic carbocycles. The predicted octanol–water partition coefficient (Wildman–Crippen LogP) is 4.76. The van der Waals surface area contributed by atoms with Gasteiger partial charge in [0.15, 0.2) is 6.10 Å². The van der Waals surface area contributed by atoms with E-state index in [2.05, 4.69) is 5.32 Å². The predicted molar refractivity (Wildman–Crippen MR) is 95.8 cm³/mol. The molecule has 0 aliphatic rings. The van der Waals surface area contributed by atoms with Gasteiger partial charge in [0.25, 0.3) is 5.91 Å². The number of nitrogens with one attached hydrogen (secondary N) is 1. The van der Waals surface area contributed by atoms with Crippen LogP contribution in [0.5, 0.6) is 0 Å². The van der Waals surface area contributed by atoms with E-state index in [1.807, 2.05) is 0 Å². The Bertz CT molecular complexity index is 727. The highest BCUT2D eigenvalue weighted by Crippen LogP contribution is 2.22. The Morgan fingerprint density at radius 3 is 2.17 bits per heavy atom. The fourth-order valence-electron chi connectivity index (χ4n) is 1.93. The Labute approximate surface area is 154 Å². The van der Waals surface area contributed by atoms with Crippen LogP contribution in [0, 0.1) is 0 Å². The highest BCUT2D eigenvalue weighted by molar-refractivity contribution is 6.35. The molecule has 2 aromatic rings. The van der Waals surface area contributed by atoms with Crippen molar-refractivity contribution in [2.75, 3.05) is 5.32 Å². The van der Waals surface area contributed by atoms with Gasteiger partial charge in [-0.15, -0.1) is 0 Å². The van der Waals surface area contributed by atoms with Crippen LogP contribution in [0.25, 0.3) is 0 Å². The molecule has 0 saturated heterocycles. The fraction of sp³-hybridized carbons (Fsp3) is 0.176. The van der Waals surface area contributed by atoms with Crippen LogP contribution >= 0.6 is 34.8 Å². The summed E-state index contributed by atoms with van der Waals surface area (Å²) in [4.78, 5) is 24.0. The van der Waals surface area contributed by atoms with E-state index in [9.17, 15) is 9.59 Å². The summed E-state index contributed by atoms with van der Waals surface area (Å²) in [5.41, 5.74) is 1.18. The molecule has 0 bridgehead atoms. The van der Waals surface area contributed by atoms with Crippen LogP contribution in [0.15, 0.2) is 42.5 Å². The van der Waals surface area contributed by atoms with Gasteiger partial charge in [-0.3, -0.25) is 9.59 Å². The minimum atomic E-state index is -0.956. The lowest BCUT2D eigenvalue weighted by Crippen LogP contribution is -2.30. The van der Waals surface area contributed by atoms with Crippen LogP contribution in [0.4, 0.5) is 5.69 Å². The normalized spacial score (nSPS) is 11.7. The van der Waals surface area contributed by atoms with Crippen molar-refractivity contribution in [3.63, 3.8) is 0 Å². The van der Waals surface area contributed by atoms with Gasteiger partial charge < -0.3 is 10.1 Å². The summed E-state index contributed by atoms with van der Waals surface area (Å²) in [5.74, 6) is -0.984. The molecule has 0 aliphatic heterocycles. The Morgan fingerprint density at radius 2 is 1.58 bits per heavy atom. The van der Waals surface area contributed by atoms with Crippen LogP contribution in [-0.2, 0) is 20.7 Å². The molecule has 0 fully saturated rings. The number of carbonyl (C=O) groups is 2. The van der Waals surface area contributed by atoms with Crippen molar-refractivity contribution in [3.05, 3.63) is 63.1 Å². The lowest BCUT2D eigenvalue weighted by molar-refractivity contribution is -0.152. The van der Waals surface area contributed by atoms with Crippen molar-refractivity contribution < 1.29 is 14.3 Å².